The first-order valence-electron chi connectivity index (χ1n) is 5.96. The average molecular weight is 219 g/mol. The first-order valence-corrected chi connectivity index (χ1v) is 5.96. The van der Waals surface area contributed by atoms with Crippen molar-refractivity contribution in [3.63, 3.8) is 0 Å². The summed E-state index contributed by atoms with van der Waals surface area (Å²) in [5.74, 6) is 1.01. The van der Waals surface area contributed by atoms with Gasteiger partial charge in [-0.05, 0) is 23.5 Å². The van der Waals surface area contributed by atoms with Gasteiger partial charge in [0.2, 0.25) is 0 Å². The minimum atomic E-state index is 0.138. The highest BCUT2D eigenvalue weighted by Gasteiger charge is 2.21. The zero-order chi connectivity index (χ0) is 11.8. The van der Waals surface area contributed by atoms with E-state index in [-0.39, 0.29) is 5.41 Å². The fraction of sp³-hybridized carbons (Fsp3) is 0.571. The van der Waals surface area contributed by atoms with Gasteiger partial charge >= 0.3 is 0 Å². The van der Waals surface area contributed by atoms with Crippen molar-refractivity contribution in [3.8, 4) is 5.75 Å². The van der Waals surface area contributed by atoms with Gasteiger partial charge in [-0.1, -0.05) is 26.8 Å². The molecule has 1 saturated heterocycles. The van der Waals surface area contributed by atoms with Crippen molar-refractivity contribution in [2.24, 2.45) is 0 Å². The molecule has 1 fully saturated rings. The molecule has 0 atom stereocenters. The first-order chi connectivity index (χ1) is 7.52. The second kappa shape index (κ2) is 4.00. The third-order valence-electron chi connectivity index (χ3n) is 3.21. The predicted octanol–water partition coefficient (Wildman–Crippen LogP) is 3.20. The van der Waals surface area contributed by atoms with Gasteiger partial charge < -0.3 is 9.64 Å². The standard InChI is InChI=1S/C14H21NO/c1-14(2,3)12-7-6-11(10-13(12)16-4)15-8-5-9-15/h6-7,10H,5,8-9H2,1-4H3. The van der Waals surface area contributed by atoms with Gasteiger partial charge in [0.25, 0.3) is 0 Å². The molecule has 1 aliphatic heterocycles. The minimum Gasteiger partial charge on any atom is -0.496 e. The lowest BCUT2D eigenvalue weighted by Gasteiger charge is -2.34. The molecular weight excluding hydrogens is 198 g/mol. The van der Waals surface area contributed by atoms with Crippen molar-refractivity contribution in [1.29, 1.82) is 0 Å². The van der Waals surface area contributed by atoms with Crippen LogP contribution in [0.3, 0.4) is 0 Å². The lowest BCUT2D eigenvalue weighted by molar-refractivity contribution is 0.397. The number of ether oxygens (including phenoxy) is 1. The topological polar surface area (TPSA) is 12.5 Å². The molecule has 0 aliphatic carbocycles. The molecule has 0 radical (unpaired) electrons. The Morgan fingerprint density at radius 2 is 1.88 bits per heavy atom. The fourth-order valence-corrected chi connectivity index (χ4v) is 2.07. The summed E-state index contributed by atoms with van der Waals surface area (Å²) in [6, 6.07) is 6.58. The van der Waals surface area contributed by atoms with Crippen LogP contribution in [0.25, 0.3) is 0 Å². The molecule has 0 bridgehead atoms. The molecule has 0 N–H and O–H groups in total. The SMILES string of the molecule is COc1cc(N2CCC2)ccc1C(C)(C)C. The van der Waals surface area contributed by atoms with Crippen molar-refractivity contribution >= 4 is 5.69 Å². The van der Waals surface area contributed by atoms with Crippen LogP contribution in [0.1, 0.15) is 32.8 Å². The molecule has 1 heterocycles. The summed E-state index contributed by atoms with van der Waals surface area (Å²) in [5.41, 5.74) is 2.70. The molecule has 2 heteroatoms. The number of rotatable bonds is 2. The monoisotopic (exact) mass is 219 g/mol. The van der Waals surface area contributed by atoms with E-state index in [0.29, 0.717) is 0 Å². The average Bonchev–Trinajstić information content (AvgIpc) is 2.13. The zero-order valence-electron chi connectivity index (χ0n) is 10.7. The summed E-state index contributed by atoms with van der Waals surface area (Å²) >= 11 is 0. The second-order valence-corrected chi connectivity index (χ2v) is 5.48. The third-order valence-corrected chi connectivity index (χ3v) is 3.21. The Hall–Kier alpha value is -1.18. The summed E-state index contributed by atoms with van der Waals surface area (Å²) in [7, 11) is 1.75. The van der Waals surface area contributed by atoms with Gasteiger partial charge in [-0.25, -0.2) is 0 Å². The van der Waals surface area contributed by atoms with Crippen LogP contribution in [0.4, 0.5) is 5.69 Å². The number of hydrogen-bond donors (Lipinski definition) is 0. The van der Waals surface area contributed by atoms with Crippen LogP contribution in [0.5, 0.6) is 5.75 Å². The van der Waals surface area contributed by atoms with Gasteiger partial charge in [0.1, 0.15) is 5.75 Å². The van der Waals surface area contributed by atoms with Gasteiger partial charge in [-0.15, -0.1) is 0 Å². The fourth-order valence-electron chi connectivity index (χ4n) is 2.07. The highest BCUT2D eigenvalue weighted by molar-refractivity contribution is 5.56. The molecule has 0 unspecified atom stereocenters. The van der Waals surface area contributed by atoms with Crippen LogP contribution in [0.15, 0.2) is 18.2 Å². The van der Waals surface area contributed by atoms with Crippen LogP contribution in [-0.4, -0.2) is 20.2 Å². The first kappa shape index (κ1) is 11.3. The highest BCUT2D eigenvalue weighted by atomic mass is 16.5. The predicted molar refractivity (Wildman–Crippen MR) is 68.5 cm³/mol. The second-order valence-electron chi connectivity index (χ2n) is 5.48. The normalized spacial score (nSPS) is 15.9. The Morgan fingerprint density at radius 1 is 1.19 bits per heavy atom. The maximum atomic E-state index is 5.50. The summed E-state index contributed by atoms with van der Waals surface area (Å²) < 4.78 is 5.50. The van der Waals surface area contributed by atoms with Crippen LogP contribution in [0, 0.1) is 0 Å². The van der Waals surface area contributed by atoms with Gasteiger partial charge in [0.15, 0.2) is 0 Å². The summed E-state index contributed by atoms with van der Waals surface area (Å²) in [4.78, 5) is 2.38. The number of methoxy groups -OCH3 is 1. The van der Waals surface area contributed by atoms with Crippen molar-refractivity contribution in [2.45, 2.75) is 32.6 Å². The minimum absolute atomic E-state index is 0.138. The van der Waals surface area contributed by atoms with Crippen LogP contribution in [-0.2, 0) is 5.41 Å². The van der Waals surface area contributed by atoms with Crippen LogP contribution in [0.2, 0.25) is 0 Å². The molecule has 0 saturated carbocycles. The van der Waals surface area contributed by atoms with Crippen molar-refractivity contribution in [1.82, 2.24) is 0 Å². The summed E-state index contributed by atoms with van der Waals surface area (Å²) in [6.07, 6.45) is 1.31. The van der Waals surface area contributed by atoms with Crippen molar-refractivity contribution in [3.05, 3.63) is 23.8 Å². The number of benzene rings is 1. The highest BCUT2D eigenvalue weighted by Crippen LogP contribution is 2.35. The maximum absolute atomic E-state index is 5.50. The van der Waals surface area contributed by atoms with E-state index in [1.807, 2.05) is 0 Å². The molecule has 1 aromatic carbocycles. The molecule has 0 aromatic heterocycles. The Bertz CT molecular complexity index is 375. The smallest absolute Gasteiger partial charge is 0.124 e. The number of nitrogens with zero attached hydrogens (tertiary/aromatic N) is 1. The Labute approximate surface area is 98.2 Å². The molecule has 0 amide bonds. The van der Waals surface area contributed by atoms with E-state index in [1.54, 1.807) is 7.11 Å². The molecular formula is C14H21NO. The lowest BCUT2D eigenvalue weighted by Crippen LogP contribution is -2.37. The number of anilines is 1. The van der Waals surface area contributed by atoms with E-state index in [0.717, 1.165) is 5.75 Å². The van der Waals surface area contributed by atoms with Crippen LogP contribution < -0.4 is 9.64 Å². The van der Waals surface area contributed by atoms with E-state index in [9.17, 15) is 0 Å². The number of hydrogen-bond acceptors (Lipinski definition) is 2. The molecule has 2 rings (SSSR count). The van der Waals surface area contributed by atoms with E-state index in [4.69, 9.17) is 4.74 Å². The molecule has 16 heavy (non-hydrogen) atoms. The summed E-state index contributed by atoms with van der Waals surface area (Å²) in [5, 5.41) is 0. The Morgan fingerprint density at radius 3 is 2.31 bits per heavy atom. The van der Waals surface area contributed by atoms with Crippen molar-refractivity contribution < 1.29 is 4.74 Å². The Kier molecular flexibility index (Phi) is 2.83. The molecule has 0 spiro atoms. The zero-order valence-corrected chi connectivity index (χ0v) is 10.7. The van der Waals surface area contributed by atoms with Gasteiger partial charge in [-0.3, -0.25) is 0 Å². The van der Waals surface area contributed by atoms with Crippen molar-refractivity contribution in [2.75, 3.05) is 25.1 Å². The quantitative estimate of drug-likeness (QED) is 0.757. The molecule has 1 aliphatic rings. The molecule has 88 valence electrons. The molecule has 1 aromatic rings. The van der Waals surface area contributed by atoms with Gasteiger partial charge in [0.05, 0.1) is 7.11 Å². The maximum Gasteiger partial charge on any atom is 0.124 e. The summed E-state index contributed by atoms with van der Waals surface area (Å²) in [6.45, 7) is 9.01. The van der Waals surface area contributed by atoms with Gasteiger partial charge in [0, 0.05) is 24.8 Å². The van der Waals surface area contributed by atoms with E-state index in [1.165, 1.54) is 30.8 Å². The third kappa shape index (κ3) is 2.01. The van der Waals surface area contributed by atoms with E-state index < -0.39 is 0 Å². The van der Waals surface area contributed by atoms with Gasteiger partial charge in [-0.2, -0.15) is 0 Å². The Balaban J connectivity index is 2.34. The molecule has 2 nitrogen and oxygen atoms in total. The van der Waals surface area contributed by atoms with Crippen LogP contribution >= 0.6 is 0 Å². The lowest BCUT2D eigenvalue weighted by atomic mass is 9.86. The van der Waals surface area contributed by atoms with E-state index in [2.05, 4.69) is 43.9 Å². The van der Waals surface area contributed by atoms with E-state index >= 15 is 0 Å². The largest absolute Gasteiger partial charge is 0.496 e.